The van der Waals surface area contributed by atoms with E-state index in [2.05, 4.69) is 38.0 Å². The van der Waals surface area contributed by atoms with Gasteiger partial charge < -0.3 is 11.1 Å². The SMILES string of the molecule is CC1(CNC(=O)c2cc(N)nc(C(C)(C)C)c2)CC1. The van der Waals surface area contributed by atoms with Crippen LogP contribution >= 0.6 is 0 Å². The first-order valence-corrected chi connectivity index (χ1v) is 6.76. The fraction of sp³-hybridized carbons (Fsp3) is 0.600. The van der Waals surface area contributed by atoms with Gasteiger partial charge >= 0.3 is 0 Å². The highest BCUT2D eigenvalue weighted by atomic mass is 16.1. The van der Waals surface area contributed by atoms with Crippen LogP contribution in [-0.2, 0) is 5.41 Å². The Morgan fingerprint density at radius 3 is 2.58 bits per heavy atom. The summed E-state index contributed by atoms with van der Waals surface area (Å²) in [5.41, 5.74) is 7.43. The Bertz CT molecular complexity index is 499. The van der Waals surface area contributed by atoms with Crippen molar-refractivity contribution in [3.05, 3.63) is 23.4 Å². The van der Waals surface area contributed by atoms with Crippen molar-refractivity contribution < 1.29 is 4.79 Å². The molecule has 0 radical (unpaired) electrons. The zero-order valence-corrected chi connectivity index (χ0v) is 12.2. The predicted molar refractivity (Wildman–Crippen MR) is 77.0 cm³/mol. The van der Waals surface area contributed by atoms with Gasteiger partial charge in [-0.1, -0.05) is 27.7 Å². The van der Waals surface area contributed by atoms with Crippen LogP contribution in [0.1, 0.15) is 56.6 Å². The van der Waals surface area contributed by atoms with Crippen molar-refractivity contribution in [1.82, 2.24) is 10.3 Å². The van der Waals surface area contributed by atoms with Gasteiger partial charge in [-0.15, -0.1) is 0 Å². The van der Waals surface area contributed by atoms with E-state index in [1.54, 1.807) is 6.07 Å². The number of anilines is 1. The maximum absolute atomic E-state index is 12.2. The summed E-state index contributed by atoms with van der Waals surface area (Å²) in [7, 11) is 0. The summed E-state index contributed by atoms with van der Waals surface area (Å²) < 4.78 is 0. The average molecular weight is 261 g/mol. The van der Waals surface area contributed by atoms with Crippen molar-refractivity contribution in [3.8, 4) is 0 Å². The molecule has 0 saturated heterocycles. The van der Waals surface area contributed by atoms with Crippen LogP contribution in [0.2, 0.25) is 0 Å². The normalized spacial score (nSPS) is 17.1. The number of nitrogens with one attached hydrogen (secondary N) is 1. The number of pyridine rings is 1. The van der Waals surface area contributed by atoms with Crippen LogP contribution < -0.4 is 11.1 Å². The zero-order chi connectivity index (χ0) is 14.3. The van der Waals surface area contributed by atoms with Crippen molar-refractivity contribution in [2.75, 3.05) is 12.3 Å². The van der Waals surface area contributed by atoms with Gasteiger partial charge in [0.1, 0.15) is 5.82 Å². The van der Waals surface area contributed by atoms with E-state index < -0.39 is 0 Å². The number of carbonyl (C=O) groups excluding carboxylic acids is 1. The molecule has 1 aromatic rings. The van der Waals surface area contributed by atoms with E-state index >= 15 is 0 Å². The van der Waals surface area contributed by atoms with Crippen LogP contribution in [0.15, 0.2) is 12.1 Å². The number of carbonyl (C=O) groups is 1. The van der Waals surface area contributed by atoms with Crippen LogP contribution in [0.5, 0.6) is 0 Å². The maximum Gasteiger partial charge on any atom is 0.251 e. The molecule has 1 amide bonds. The molecule has 1 fully saturated rings. The van der Waals surface area contributed by atoms with E-state index in [4.69, 9.17) is 5.73 Å². The lowest BCUT2D eigenvalue weighted by Gasteiger charge is -2.19. The molecule has 4 heteroatoms. The van der Waals surface area contributed by atoms with Crippen LogP contribution in [0.25, 0.3) is 0 Å². The minimum absolute atomic E-state index is 0.0623. The van der Waals surface area contributed by atoms with E-state index in [9.17, 15) is 4.79 Å². The molecule has 1 aromatic heterocycles. The van der Waals surface area contributed by atoms with E-state index in [1.807, 2.05) is 6.07 Å². The van der Waals surface area contributed by atoms with Crippen LogP contribution in [-0.4, -0.2) is 17.4 Å². The highest BCUT2D eigenvalue weighted by Crippen LogP contribution is 2.44. The molecule has 1 saturated carbocycles. The number of aromatic nitrogens is 1. The first kappa shape index (κ1) is 13.8. The van der Waals surface area contributed by atoms with E-state index in [1.165, 1.54) is 12.8 Å². The molecule has 0 spiro atoms. The lowest BCUT2D eigenvalue weighted by Crippen LogP contribution is -2.29. The zero-order valence-electron chi connectivity index (χ0n) is 12.2. The Balaban J connectivity index is 2.14. The molecular weight excluding hydrogens is 238 g/mol. The van der Waals surface area contributed by atoms with Crippen LogP contribution in [0.3, 0.4) is 0 Å². The fourth-order valence-electron chi connectivity index (χ4n) is 1.85. The second-order valence-corrected chi connectivity index (χ2v) is 6.91. The second-order valence-electron chi connectivity index (χ2n) is 6.91. The third-order valence-corrected chi connectivity index (χ3v) is 3.66. The summed E-state index contributed by atoms with van der Waals surface area (Å²) in [5.74, 6) is 0.336. The Labute approximate surface area is 114 Å². The fourth-order valence-corrected chi connectivity index (χ4v) is 1.85. The largest absolute Gasteiger partial charge is 0.384 e. The highest BCUT2D eigenvalue weighted by molar-refractivity contribution is 5.95. The van der Waals surface area contributed by atoms with E-state index in [0.717, 1.165) is 12.2 Å². The molecule has 0 aromatic carbocycles. The average Bonchev–Trinajstić information content (AvgIpc) is 3.03. The smallest absolute Gasteiger partial charge is 0.251 e. The van der Waals surface area contributed by atoms with Crippen molar-refractivity contribution in [2.45, 2.75) is 46.0 Å². The summed E-state index contributed by atoms with van der Waals surface area (Å²) in [6, 6.07) is 3.47. The molecule has 0 unspecified atom stereocenters. The summed E-state index contributed by atoms with van der Waals surface area (Å²) in [6.07, 6.45) is 2.39. The second kappa shape index (κ2) is 4.51. The lowest BCUT2D eigenvalue weighted by atomic mass is 9.90. The number of hydrogen-bond donors (Lipinski definition) is 2. The number of amides is 1. The minimum Gasteiger partial charge on any atom is -0.384 e. The molecule has 104 valence electrons. The predicted octanol–water partition coefficient (Wildman–Crippen LogP) is 2.49. The quantitative estimate of drug-likeness (QED) is 0.878. The molecule has 1 aliphatic rings. The Morgan fingerprint density at radius 1 is 1.42 bits per heavy atom. The van der Waals surface area contributed by atoms with Gasteiger partial charge in [0.05, 0.1) is 0 Å². The van der Waals surface area contributed by atoms with Crippen LogP contribution in [0.4, 0.5) is 5.82 Å². The molecule has 0 atom stereocenters. The van der Waals surface area contributed by atoms with Gasteiger partial charge in [-0.3, -0.25) is 4.79 Å². The number of rotatable bonds is 3. The van der Waals surface area contributed by atoms with E-state index in [0.29, 0.717) is 16.8 Å². The standard InChI is InChI=1S/C15H23N3O/c1-14(2,3)11-7-10(8-12(16)18-11)13(19)17-9-15(4)5-6-15/h7-8H,5-6,9H2,1-4H3,(H2,16,18)(H,17,19). The lowest BCUT2D eigenvalue weighted by molar-refractivity contribution is 0.0946. The van der Waals surface area contributed by atoms with Crippen molar-refractivity contribution >= 4 is 11.7 Å². The molecule has 1 heterocycles. The monoisotopic (exact) mass is 261 g/mol. The molecule has 0 aliphatic heterocycles. The van der Waals surface area contributed by atoms with Gasteiger partial charge in [-0.2, -0.15) is 0 Å². The molecule has 19 heavy (non-hydrogen) atoms. The number of nitrogen functional groups attached to an aromatic ring is 1. The number of hydrogen-bond acceptors (Lipinski definition) is 3. The van der Waals surface area contributed by atoms with Crippen LogP contribution in [0, 0.1) is 5.41 Å². The Kier molecular flexibility index (Phi) is 3.29. The molecule has 3 N–H and O–H groups in total. The number of nitrogens with two attached hydrogens (primary N) is 1. The Hall–Kier alpha value is -1.58. The van der Waals surface area contributed by atoms with Gasteiger partial charge in [0.2, 0.25) is 0 Å². The maximum atomic E-state index is 12.2. The van der Waals surface area contributed by atoms with Crippen molar-refractivity contribution in [1.29, 1.82) is 0 Å². The highest BCUT2D eigenvalue weighted by Gasteiger charge is 2.37. The number of nitrogens with zero attached hydrogens (tertiary/aromatic N) is 1. The van der Waals surface area contributed by atoms with E-state index in [-0.39, 0.29) is 11.3 Å². The third-order valence-electron chi connectivity index (χ3n) is 3.66. The van der Waals surface area contributed by atoms with Gasteiger partial charge in [-0.05, 0) is 30.4 Å². The van der Waals surface area contributed by atoms with Gasteiger partial charge in [0.15, 0.2) is 0 Å². The molecule has 2 rings (SSSR count). The van der Waals surface area contributed by atoms with Gasteiger partial charge in [0, 0.05) is 23.2 Å². The first-order valence-electron chi connectivity index (χ1n) is 6.76. The molecular formula is C15H23N3O. The Morgan fingerprint density at radius 2 is 2.05 bits per heavy atom. The molecule has 4 nitrogen and oxygen atoms in total. The van der Waals surface area contributed by atoms with Gasteiger partial charge in [-0.25, -0.2) is 4.98 Å². The van der Waals surface area contributed by atoms with Crippen molar-refractivity contribution in [2.24, 2.45) is 5.41 Å². The molecule has 0 bridgehead atoms. The van der Waals surface area contributed by atoms with Crippen molar-refractivity contribution in [3.63, 3.8) is 0 Å². The first-order chi connectivity index (χ1) is 8.70. The third kappa shape index (κ3) is 3.46. The topological polar surface area (TPSA) is 68.0 Å². The summed E-state index contributed by atoms with van der Waals surface area (Å²) in [6.45, 7) is 9.10. The summed E-state index contributed by atoms with van der Waals surface area (Å²) in [4.78, 5) is 16.5. The minimum atomic E-state index is -0.118. The molecule has 1 aliphatic carbocycles. The van der Waals surface area contributed by atoms with Gasteiger partial charge in [0.25, 0.3) is 5.91 Å². The summed E-state index contributed by atoms with van der Waals surface area (Å²) in [5, 5.41) is 2.99. The summed E-state index contributed by atoms with van der Waals surface area (Å²) >= 11 is 0.